The minimum absolute atomic E-state index is 0.251. The monoisotopic (exact) mass is 296 g/mol. The fraction of sp³-hybridized carbons (Fsp3) is 1.00. The second-order valence-electron chi connectivity index (χ2n) is 8.94. The molecule has 1 aliphatic carbocycles. The van der Waals surface area contributed by atoms with E-state index in [0.29, 0.717) is 0 Å². The zero-order valence-corrected chi connectivity index (χ0v) is 15.7. The van der Waals surface area contributed by atoms with Gasteiger partial charge in [0.1, 0.15) is 0 Å². The Morgan fingerprint density at radius 2 is 1.48 bits per heavy atom. The van der Waals surface area contributed by atoms with E-state index in [4.69, 9.17) is 0 Å². The van der Waals surface area contributed by atoms with Crippen LogP contribution in [0.4, 0.5) is 0 Å². The molecule has 0 spiro atoms. The third-order valence-electron chi connectivity index (χ3n) is 4.73. The van der Waals surface area contributed by atoms with Gasteiger partial charge in [0.05, 0.1) is 0 Å². The maximum atomic E-state index is 3.71. The largest absolute Gasteiger partial charge is 0.312 e. The minimum Gasteiger partial charge on any atom is -0.312 e. The fourth-order valence-electron chi connectivity index (χ4n) is 3.00. The summed E-state index contributed by atoms with van der Waals surface area (Å²) in [5.74, 6) is 2.50. The van der Waals surface area contributed by atoms with Crippen LogP contribution in [0.15, 0.2) is 0 Å². The predicted molar refractivity (Wildman–Crippen MR) is 94.8 cm³/mol. The molecule has 2 heteroatoms. The van der Waals surface area contributed by atoms with Gasteiger partial charge in [0.15, 0.2) is 0 Å². The molecule has 1 rings (SSSR count). The molecule has 0 aromatic heterocycles. The Morgan fingerprint density at radius 3 is 1.81 bits per heavy atom. The highest BCUT2D eigenvalue weighted by Crippen LogP contribution is 2.33. The number of rotatable bonds is 9. The second-order valence-corrected chi connectivity index (χ2v) is 8.94. The maximum Gasteiger partial charge on any atom is 0.0136 e. The zero-order chi connectivity index (χ0) is 16.0. The van der Waals surface area contributed by atoms with Gasteiger partial charge in [-0.25, -0.2) is 0 Å². The van der Waals surface area contributed by atoms with Crippen molar-refractivity contribution >= 4 is 0 Å². The van der Waals surface area contributed by atoms with E-state index in [2.05, 4.69) is 58.7 Å². The summed E-state index contributed by atoms with van der Waals surface area (Å²) in [6.07, 6.45) is 5.50. The van der Waals surface area contributed by atoms with E-state index in [0.717, 1.165) is 23.8 Å². The van der Waals surface area contributed by atoms with Crippen LogP contribution in [0.1, 0.15) is 74.1 Å². The molecular weight excluding hydrogens is 256 g/mol. The molecular formula is C19H40N2. The van der Waals surface area contributed by atoms with E-state index in [1.54, 1.807) is 0 Å². The molecule has 2 atom stereocenters. The lowest BCUT2D eigenvalue weighted by molar-refractivity contribution is 0.0511. The average Bonchev–Trinajstić information content (AvgIpc) is 2.29. The summed E-state index contributed by atoms with van der Waals surface area (Å²) in [4.78, 5) is 2.80. The van der Waals surface area contributed by atoms with Crippen molar-refractivity contribution in [1.82, 2.24) is 10.2 Å². The van der Waals surface area contributed by atoms with E-state index in [9.17, 15) is 0 Å². The van der Waals surface area contributed by atoms with E-state index < -0.39 is 0 Å². The first-order chi connectivity index (χ1) is 9.69. The molecule has 1 aliphatic rings. The summed E-state index contributed by atoms with van der Waals surface area (Å²) >= 11 is 0. The smallest absolute Gasteiger partial charge is 0.0136 e. The van der Waals surface area contributed by atoms with E-state index in [1.807, 2.05) is 0 Å². The summed E-state index contributed by atoms with van der Waals surface area (Å²) in [6, 6.07) is 0.831. The van der Waals surface area contributed by atoms with Crippen LogP contribution in [-0.2, 0) is 0 Å². The Labute approximate surface area is 134 Å². The van der Waals surface area contributed by atoms with Crippen LogP contribution in [0.3, 0.4) is 0 Å². The highest BCUT2D eigenvalue weighted by molar-refractivity contribution is 4.91. The van der Waals surface area contributed by atoms with E-state index >= 15 is 0 Å². The quantitative estimate of drug-likeness (QED) is 0.671. The van der Waals surface area contributed by atoms with Gasteiger partial charge < -0.3 is 10.2 Å². The summed E-state index contributed by atoms with van der Waals surface area (Å²) in [5.41, 5.74) is 0.251. The molecule has 2 unspecified atom stereocenters. The molecule has 0 aliphatic heterocycles. The van der Waals surface area contributed by atoms with Gasteiger partial charge in [-0.15, -0.1) is 0 Å². The van der Waals surface area contributed by atoms with Crippen LogP contribution >= 0.6 is 0 Å². The van der Waals surface area contributed by atoms with Gasteiger partial charge in [-0.2, -0.15) is 0 Å². The maximum absolute atomic E-state index is 3.71. The normalized spacial score (nSPS) is 23.1. The lowest BCUT2D eigenvalue weighted by Gasteiger charge is -2.46. The molecule has 0 aromatic rings. The van der Waals surface area contributed by atoms with Crippen LogP contribution in [0.25, 0.3) is 0 Å². The molecule has 21 heavy (non-hydrogen) atoms. The molecule has 0 saturated heterocycles. The fourth-order valence-corrected chi connectivity index (χ4v) is 3.00. The van der Waals surface area contributed by atoms with Crippen LogP contribution in [0.5, 0.6) is 0 Å². The molecule has 1 N–H and O–H groups in total. The Morgan fingerprint density at radius 1 is 0.952 bits per heavy atom. The van der Waals surface area contributed by atoms with Crippen molar-refractivity contribution in [2.24, 2.45) is 17.8 Å². The van der Waals surface area contributed by atoms with Crippen LogP contribution in [-0.4, -0.2) is 36.1 Å². The lowest BCUT2D eigenvalue weighted by Crippen LogP contribution is -2.53. The summed E-state index contributed by atoms with van der Waals surface area (Å²) < 4.78 is 0. The van der Waals surface area contributed by atoms with Gasteiger partial charge in [0.25, 0.3) is 0 Å². The van der Waals surface area contributed by atoms with Gasteiger partial charge in [0, 0.05) is 11.6 Å². The average molecular weight is 297 g/mol. The number of nitrogens with one attached hydrogen (secondary N) is 1. The first-order valence-corrected chi connectivity index (χ1v) is 9.18. The summed E-state index contributed by atoms with van der Waals surface area (Å²) in [6.45, 7) is 20.0. The second kappa shape index (κ2) is 8.53. The molecule has 0 bridgehead atoms. The number of hydrogen-bond donors (Lipinski definition) is 1. The molecule has 0 radical (unpaired) electrons. The van der Waals surface area contributed by atoms with Crippen molar-refractivity contribution < 1.29 is 0 Å². The molecule has 126 valence electrons. The van der Waals surface area contributed by atoms with E-state index in [1.165, 1.54) is 45.3 Å². The molecule has 0 aromatic carbocycles. The molecule has 0 heterocycles. The predicted octanol–water partition coefficient (Wildman–Crippen LogP) is 4.55. The first kappa shape index (κ1) is 19.0. The van der Waals surface area contributed by atoms with Crippen LogP contribution < -0.4 is 5.32 Å². The van der Waals surface area contributed by atoms with Gasteiger partial charge in [-0.1, -0.05) is 27.7 Å². The van der Waals surface area contributed by atoms with Crippen molar-refractivity contribution in [1.29, 1.82) is 0 Å². The van der Waals surface area contributed by atoms with Gasteiger partial charge in [-0.05, 0) is 83.8 Å². The van der Waals surface area contributed by atoms with Crippen molar-refractivity contribution in [2.45, 2.75) is 85.7 Å². The molecule has 1 saturated carbocycles. The van der Waals surface area contributed by atoms with Gasteiger partial charge >= 0.3 is 0 Å². The van der Waals surface area contributed by atoms with Crippen molar-refractivity contribution in [3.63, 3.8) is 0 Å². The number of nitrogens with zero attached hydrogens (tertiary/aromatic N) is 1. The Hall–Kier alpha value is -0.0800. The van der Waals surface area contributed by atoms with Crippen molar-refractivity contribution in [3.05, 3.63) is 0 Å². The van der Waals surface area contributed by atoms with Gasteiger partial charge in [-0.3, -0.25) is 0 Å². The Kier molecular flexibility index (Phi) is 7.70. The first-order valence-electron chi connectivity index (χ1n) is 9.18. The SMILES string of the molecule is CC(C)CCN(CCC(C)C)C1CCC1CNC(C)(C)C. The van der Waals surface area contributed by atoms with Gasteiger partial charge in [0.2, 0.25) is 0 Å². The van der Waals surface area contributed by atoms with Crippen LogP contribution in [0, 0.1) is 17.8 Å². The summed E-state index contributed by atoms with van der Waals surface area (Å²) in [7, 11) is 0. The summed E-state index contributed by atoms with van der Waals surface area (Å²) in [5, 5.41) is 3.71. The Balaban J connectivity index is 2.47. The third-order valence-corrected chi connectivity index (χ3v) is 4.73. The third kappa shape index (κ3) is 7.65. The standard InChI is InChI=1S/C19H40N2/c1-15(2)10-12-21(13-11-16(3)4)18-9-8-17(18)14-20-19(5,6)7/h15-18,20H,8-14H2,1-7H3. The van der Waals surface area contributed by atoms with Crippen molar-refractivity contribution in [2.75, 3.05) is 19.6 Å². The molecule has 0 amide bonds. The van der Waals surface area contributed by atoms with Crippen LogP contribution in [0.2, 0.25) is 0 Å². The zero-order valence-electron chi connectivity index (χ0n) is 15.7. The lowest BCUT2D eigenvalue weighted by atomic mass is 9.77. The highest BCUT2D eigenvalue weighted by Gasteiger charge is 2.35. The number of hydrogen-bond acceptors (Lipinski definition) is 2. The molecule has 2 nitrogen and oxygen atoms in total. The minimum atomic E-state index is 0.251. The Bertz CT molecular complexity index is 266. The van der Waals surface area contributed by atoms with E-state index in [-0.39, 0.29) is 5.54 Å². The topological polar surface area (TPSA) is 15.3 Å². The molecule has 1 fully saturated rings. The van der Waals surface area contributed by atoms with Crippen molar-refractivity contribution in [3.8, 4) is 0 Å². The highest BCUT2D eigenvalue weighted by atomic mass is 15.2.